The number of ether oxygens (including phenoxy) is 1. The normalized spacial score (nSPS) is 14.9. The summed E-state index contributed by atoms with van der Waals surface area (Å²) in [7, 11) is 0. The number of aromatic nitrogens is 1. The van der Waals surface area contributed by atoms with Gasteiger partial charge in [-0.3, -0.25) is 9.36 Å². The molecular weight excluding hydrogens is 712 g/mol. The molecule has 0 bridgehead atoms. The average molecular weight is 737 g/mol. The SMILES string of the molecule is CCOC(=O)C1=C(c2ccccc2)N=c2s/c(=C/c3ccc(-c4cc(Br)ccc4Br)o3)c(=O)n2[C@H]1c1ccc(SC)cc1. The molecule has 6 rings (SSSR count). The number of hydrogen-bond donors (Lipinski definition) is 0. The number of esters is 1. The molecule has 0 N–H and O–H groups in total. The summed E-state index contributed by atoms with van der Waals surface area (Å²) in [5.74, 6) is 0.685. The van der Waals surface area contributed by atoms with Gasteiger partial charge in [-0.1, -0.05) is 85.7 Å². The van der Waals surface area contributed by atoms with E-state index in [2.05, 4.69) is 31.9 Å². The quantitative estimate of drug-likeness (QED) is 0.128. The van der Waals surface area contributed by atoms with Crippen LogP contribution >= 0.6 is 55.0 Å². The van der Waals surface area contributed by atoms with E-state index >= 15 is 0 Å². The Morgan fingerprint density at radius 1 is 1.07 bits per heavy atom. The summed E-state index contributed by atoms with van der Waals surface area (Å²) in [5.41, 5.74) is 2.99. The first kappa shape index (κ1) is 29.6. The molecule has 6 nitrogen and oxygen atoms in total. The number of fused-ring (bicyclic) bond motifs is 1. The molecule has 0 radical (unpaired) electrons. The maximum absolute atomic E-state index is 14.1. The Balaban J connectivity index is 1.56. The molecule has 216 valence electrons. The van der Waals surface area contributed by atoms with E-state index in [0.29, 0.717) is 32.1 Å². The second kappa shape index (κ2) is 12.7. The van der Waals surface area contributed by atoms with Crippen molar-refractivity contribution in [2.75, 3.05) is 12.9 Å². The lowest BCUT2D eigenvalue weighted by molar-refractivity contribution is -0.138. The van der Waals surface area contributed by atoms with E-state index in [9.17, 15) is 9.59 Å². The van der Waals surface area contributed by atoms with Gasteiger partial charge in [0.2, 0.25) is 0 Å². The number of halogens is 2. The van der Waals surface area contributed by atoms with Crippen molar-refractivity contribution in [1.29, 1.82) is 0 Å². The highest BCUT2D eigenvalue weighted by Crippen LogP contribution is 2.36. The molecule has 43 heavy (non-hydrogen) atoms. The number of thioether (sulfide) groups is 1. The molecule has 0 aliphatic carbocycles. The highest BCUT2D eigenvalue weighted by molar-refractivity contribution is 9.11. The molecule has 0 saturated carbocycles. The predicted octanol–water partition coefficient (Wildman–Crippen LogP) is 7.44. The molecule has 1 aliphatic heterocycles. The smallest absolute Gasteiger partial charge is 0.338 e. The molecule has 0 fully saturated rings. The van der Waals surface area contributed by atoms with Crippen LogP contribution in [0, 0.1) is 0 Å². The van der Waals surface area contributed by atoms with Crippen LogP contribution in [0.1, 0.15) is 29.9 Å². The molecular formula is C33H24Br2N2O4S2. The number of furan rings is 1. The summed E-state index contributed by atoms with van der Waals surface area (Å²) < 4.78 is 15.6. The van der Waals surface area contributed by atoms with Crippen LogP contribution in [-0.2, 0) is 9.53 Å². The topological polar surface area (TPSA) is 73.8 Å². The standard InChI is InChI=1S/C33H24Br2N2O4S2/c1-3-40-32(39)28-29(19-7-5-4-6-8-19)36-33-37(30(28)20-9-13-23(42-2)14-10-20)31(38)27(43-33)18-22-12-16-26(41-22)24-17-21(34)11-15-25(24)35/h4-18,30H,3H2,1-2H3/b27-18+/t30-/m0/s1. The zero-order chi connectivity index (χ0) is 30.1. The predicted molar refractivity (Wildman–Crippen MR) is 179 cm³/mol. The molecule has 10 heteroatoms. The lowest BCUT2D eigenvalue weighted by atomic mass is 9.93. The van der Waals surface area contributed by atoms with Crippen molar-refractivity contribution in [2.45, 2.75) is 17.9 Å². The van der Waals surface area contributed by atoms with Gasteiger partial charge in [-0.25, -0.2) is 9.79 Å². The van der Waals surface area contributed by atoms with Crippen LogP contribution in [-0.4, -0.2) is 23.4 Å². The summed E-state index contributed by atoms with van der Waals surface area (Å²) in [6.45, 7) is 1.96. The van der Waals surface area contributed by atoms with E-state index in [0.717, 1.165) is 30.5 Å². The van der Waals surface area contributed by atoms with Gasteiger partial charge >= 0.3 is 5.97 Å². The van der Waals surface area contributed by atoms with Crippen molar-refractivity contribution in [2.24, 2.45) is 4.99 Å². The third-order valence-electron chi connectivity index (χ3n) is 6.90. The van der Waals surface area contributed by atoms with E-state index < -0.39 is 12.0 Å². The van der Waals surface area contributed by atoms with Crippen molar-refractivity contribution in [3.63, 3.8) is 0 Å². The number of hydrogen-bond acceptors (Lipinski definition) is 7. The van der Waals surface area contributed by atoms with Crippen LogP contribution in [0.15, 0.2) is 119 Å². The first-order chi connectivity index (χ1) is 20.9. The summed E-state index contributed by atoms with van der Waals surface area (Å²) >= 11 is 9.98. The Bertz CT molecular complexity index is 2040. The van der Waals surface area contributed by atoms with Gasteiger partial charge in [0.1, 0.15) is 11.5 Å². The number of thiazole rings is 1. The Morgan fingerprint density at radius 2 is 1.84 bits per heavy atom. The Labute approximate surface area is 272 Å². The van der Waals surface area contributed by atoms with Gasteiger partial charge in [0.25, 0.3) is 5.56 Å². The van der Waals surface area contributed by atoms with Crippen molar-refractivity contribution >= 4 is 72.7 Å². The van der Waals surface area contributed by atoms with Crippen molar-refractivity contribution in [3.8, 4) is 11.3 Å². The van der Waals surface area contributed by atoms with Gasteiger partial charge in [0.05, 0.1) is 28.5 Å². The highest BCUT2D eigenvalue weighted by Gasteiger charge is 2.35. The molecule has 5 aromatic rings. The minimum atomic E-state index is -0.728. The fraction of sp³-hybridized carbons (Fsp3) is 0.121. The van der Waals surface area contributed by atoms with E-state index in [1.807, 2.05) is 91.2 Å². The fourth-order valence-electron chi connectivity index (χ4n) is 4.93. The number of nitrogens with zero attached hydrogens (tertiary/aromatic N) is 2. The summed E-state index contributed by atoms with van der Waals surface area (Å²) in [5, 5.41) is 0. The fourth-order valence-corrected chi connectivity index (χ4v) is 7.13. The minimum Gasteiger partial charge on any atom is -0.463 e. The molecule has 3 aromatic carbocycles. The third-order valence-corrected chi connectivity index (χ3v) is 9.81. The van der Waals surface area contributed by atoms with Crippen LogP contribution in [0.4, 0.5) is 0 Å². The molecule has 0 unspecified atom stereocenters. The number of carbonyl (C=O) groups is 1. The maximum Gasteiger partial charge on any atom is 0.338 e. The van der Waals surface area contributed by atoms with Gasteiger partial charge in [-0.15, -0.1) is 11.8 Å². The highest BCUT2D eigenvalue weighted by atomic mass is 79.9. The lowest BCUT2D eigenvalue weighted by Gasteiger charge is -2.26. The summed E-state index contributed by atoms with van der Waals surface area (Å²) in [6, 6.07) is 26.2. The van der Waals surface area contributed by atoms with Gasteiger partial charge in [0, 0.05) is 31.0 Å². The summed E-state index contributed by atoms with van der Waals surface area (Å²) in [6.07, 6.45) is 3.73. The molecule has 2 aromatic heterocycles. The first-order valence-electron chi connectivity index (χ1n) is 13.4. The largest absolute Gasteiger partial charge is 0.463 e. The van der Waals surface area contributed by atoms with E-state index in [1.54, 1.807) is 29.3 Å². The van der Waals surface area contributed by atoms with Gasteiger partial charge in [-0.2, -0.15) is 0 Å². The molecule has 0 amide bonds. The van der Waals surface area contributed by atoms with Crippen LogP contribution < -0.4 is 14.9 Å². The van der Waals surface area contributed by atoms with Crippen molar-refractivity contribution < 1.29 is 13.9 Å². The third kappa shape index (κ3) is 5.89. The number of carbonyl (C=O) groups excluding carboxylic acids is 1. The van der Waals surface area contributed by atoms with Crippen LogP contribution in [0.25, 0.3) is 23.1 Å². The Kier molecular flexibility index (Phi) is 8.72. The molecule has 1 aliphatic rings. The van der Waals surface area contributed by atoms with Crippen molar-refractivity contribution in [1.82, 2.24) is 4.57 Å². The zero-order valence-corrected chi connectivity index (χ0v) is 27.8. The second-order valence-corrected chi connectivity index (χ2v) is 13.2. The van der Waals surface area contributed by atoms with Gasteiger partial charge in [-0.05, 0) is 61.2 Å². The van der Waals surface area contributed by atoms with Crippen LogP contribution in [0.5, 0.6) is 0 Å². The maximum atomic E-state index is 14.1. The number of benzene rings is 3. The Morgan fingerprint density at radius 3 is 2.56 bits per heavy atom. The molecule has 3 heterocycles. The monoisotopic (exact) mass is 734 g/mol. The molecule has 0 saturated heterocycles. The molecule has 0 spiro atoms. The minimum absolute atomic E-state index is 0.196. The average Bonchev–Trinajstić information content (AvgIpc) is 3.62. The molecule has 1 atom stereocenters. The second-order valence-electron chi connectivity index (χ2n) is 9.53. The number of rotatable bonds is 7. The van der Waals surface area contributed by atoms with E-state index in [4.69, 9.17) is 14.1 Å². The van der Waals surface area contributed by atoms with E-state index in [-0.39, 0.29) is 12.2 Å². The van der Waals surface area contributed by atoms with Crippen LogP contribution in [0.3, 0.4) is 0 Å². The lowest BCUT2D eigenvalue weighted by Crippen LogP contribution is -2.40. The summed E-state index contributed by atoms with van der Waals surface area (Å²) in [4.78, 5) is 34.2. The zero-order valence-electron chi connectivity index (χ0n) is 23.0. The first-order valence-corrected chi connectivity index (χ1v) is 17.0. The van der Waals surface area contributed by atoms with E-state index in [1.165, 1.54) is 11.3 Å². The van der Waals surface area contributed by atoms with Crippen molar-refractivity contribution in [3.05, 3.63) is 136 Å². The van der Waals surface area contributed by atoms with Gasteiger partial charge in [0.15, 0.2) is 4.80 Å². The Hall–Kier alpha value is -3.44. The van der Waals surface area contributed by atoms with Gasteiger partial charge < -0.3 is 9.15 Å². The van der Waals surface area contributed by atoms with Crippen LogP contribution in [0.2, 0.25) is 0 Å².